The second-order valence-corrected chi connectivity index (χ2v) is 6.71. The van der Waals surface area contributed by atoms with Crippen molar-refractivity contribution < 1.29 is 9.53 Å². The molecule has 23 heavy (non-hydrogen) atoms. The molecule has 3 aromatic rings. The summed E-state index contributed by atoms with van der Waals surface area (Å²) in [7, 11) is 0. The van der Waals surface area contributed by atoms with Crippen molar-refractivity contribution in [2.24, 2.45) is 0 Å². The normalized spacial score (nSPS) is 12.1. The minimum absolute atomic E-state index is 0.258. The van der Waals surface area contributed by atoms with Crippen LogP contribution in [-0.2, 0) is 11.4 Å². The molecule has 6 heteroatoms. The van der Waals surface area contributed by atoms with Crippen LogP contribution in [0.2, 0.25) is 0 Å². The van der Waals surface area contributed by atoms with E-state index in [9.17, 15) is 4.79 Å². The third kappa shape index (κ3) is 4.00. The monoisotopic (exact) mass is 346 g/mol. The number of rotatable bonds is 5. The van der Waals surface area contributed by atoms with Crippen LogP contribution in [0.5, 0.6) is 5.75 Å². The number of carbonyl (C=O) groups excluding carboxylic acids is 1. The molecule has 1 atom stereocenters. The predicted octanol–water partition coefficient (Wildman–Crippen LogP) is 4.44. The largest absolute Gasteiger partial charge is 0.489 e. The number of ether oxygens (including phenoxy) is 1. The number of hydrogen-bond acceptors (Lipinski definition) is 4. The summed E-state index contributed by atoms with van der Waals surface area (Å²) >= 11 is 7.14. The summed E-state index contributed by atoms with van der Waals surface area (Å²) in [4.78, 5) is 16.0. The molecule has 0 unspecified atom stereocenters. The maximum atomic E-state index is 11.6. The van der Waals surface area contributed by atoms with Crippen LogP contribution in [0.25, 0.3) is 10.2 Å². The zero-order valence-electron chi connectivity index (χ0n) is 12.5. The highest BCUT2D eigenvalue weighted by Crippen LogP contribution is 2.29. The first-order valence-corrected chi connectivity index (χ1v) is 8.39. The van der Waals surface area contributed by atoms with Crippen molar-refractivity contribution >= 4 is 44.2 Å². The highest BCUT2D eigenvalue weighted by Gasteiger charge is 2.12. The second kappa shape index (κ2) is 6.98. The average Bonchev–Trinajstić information content (AvgIpc) is 2.95. The fourth-order valence-corrected chi connectivity index (χ4v) is 2.95. The number of hydrogen-bond donors (Lipinski definition) is 1. The van der Waals surface area contributed by atoms with E-state index in [4.69, 9.17) is 16.3 Å². The fraction of sp³-hybridized carbons (Fsp3) is 0.176. The molecule has 4 nitrogen and oxygen atoms in total. The Hall–Kier alpha value is -2.11. The van der Waals surface area contributed by atoms with E-state index >= 15 is 0 Å². The highest BCUT2D eigenvalue weighted by atomic mass is 35.5. The molecule has 0 spiro atoms. The van der Waals surface area contributed by atoms with Crippen LogP contribution in [0.4, 0.5) is 5.13 Å². The van der Waals surface area contributed by atoms with Crippen LogP contribution in [-0.4, -0.2) is 16.3 Å². The van der Waals surface area contributed by atoms with Crippen molar-refractivity contribution in [1.29, 1.82) is 0 Å². The van der Waals surface area contributed by atoms with Crippen LogP contribution in [0.15, 0.2) is 48.5 Å². The van der Waals surface area contributed by atoms with E-state index in [2.05, 4.69) is 10.3 Å². The Balaban J connectivity index is 1.72. The van der Waals surface area contributed by atoms with Crippen molar-refractivity contribution in [3.63, 3.8) is 0 Å². The molecule has 3 rings (SSSR count). The van der Waals surface area contributed by atoms with Crippen LogP contribution in [0.1, 0.15) is 12.5 Å². The number of nitrogens with one attached hydrogen (secondary N) is 1. The van der Waals surface area contributed by atoms with Crippen LogP contribution < -0.4 is 10.1 Å². The summed E-state index contributed by atoms with van der Waals surface area (Å²) in [5.74, 6) is 0.514. The first-order chi connectivity index (χ1) is 11.1. The van der Waals surface area contributed by atoms with Gasteiger partial charge in [0, 0.05) is 0 Å². The molecule has 0 aliphatic heterocycles. The Morgan fingerprint density at radius 3 is 2.83 bits per heavy atom. The van der Waals surface area contributed by atoms with Gasteiger partial charge in [0.15, 0.2) is 5.13 Å². The number of anilines is 1. The Kier molecular flexibility index (Phi) is 4.79. The molecular weight excluding hydrogens is 332 g/mol. The Labute approximate surface area is 143 Å². The van der Waals surface area contributed by atoms with E-state index in [-0.39, 0.29) is 5.91 Å². The first kappa shape index (κ1) is 15.8. The topological polar surface area (TPSA) is 51.2 Å². The summed E-state index contributed by atoms with van der Waals surface area (Å²) in [6.07, 6.45) is 0. The van der Waals surface area contributed by atoms with Gasteiger partial charge in [-0.1, -0.05) is 41.7 Å². The zero-order chi connectivity index (χ0) is 16.2. The van der Waals surface area contributed by atoms with E-state index in [0.717, 1.165) is 21.5 Å². The molecule has 1 aromatic heterocycles. The van der Waals surface area contributed by atoms with Crippen molar-refractivity contribution in [3.8, 4) is 5.75 Å². The van der Waals surface area contributed by atoms with Gasteiger partial charge in [0.2, 0.25) is 5.91 Å². The molecule has 0 saturated carbocycles. The van der Waals surface area contributed by atoms with E-state index in [1.165, 1.54) is 11.3 Å². The van der Waals surface area contributed by atoms with Crippen LogP contribution in [0, 0.1) is 0 Å². The summed E-state index contributed by atoms with van der Waals surface area (Å²) in [6.45, 7) is 2.14. The molecular formula is C17H15ClN2O2S. The predicted molar refractivity (Wildman–Crippen MR) is 94.3 cm³/mol. The molecule has 0 aliphatic rings. The van der Waals surface area contributed by atoms with Gasteiger partial charge in [-0.15, -0.1) is 11.6 Å². The zero-order valence-corrected chi connectivity index (χ0v) is 14.0. The maximum absolute atomic E-state index is 11.6. The molecule has 0 fully saturated rings. The molecule has 2 aromatic carbocycles. The third-order valence-corrected chi connectivity index (χ3v) is 4.33. The molecule has 0 saturated heterocycles. The van der Waals surface area contributed by atoms with Gasteiger partial charge >= 0.3 is 0 Å². The number of thiazole rings is 1. The van der Waals surface area contributed by atoms with Crippen molar-refractivity contribution in [3.05, 3.63) is 54.1 Å². The molecule has 0 bridgehead atoms. The van der Waals surface area contributed by atoms with Crippen LogP contribution >= 0.6 is 22.9 Å². The maximum Gasteiger partial charge on any atom is 0.243 e. The van der Waals surface area contributed by atoms with Gasteiger partial charge in [-0.05, 0) is 30.7 Å². The lowest BCUT2D eigenvalue weighted by molar-refractivity contribution is -0.115. The molecule has 1 amide bonds. The van der Waals surface area contributed by atoms with Gasteiger partial charge in [-0.2, -0.15) is 0 Å². The molecule has 0 aliphatic carbocycles. The standard InChI is InChI=1S/C17H15ClN2O2S/c1-11(18)16(21)20-17-19-14-8-7-13(9-15(14)23-17)22-10-12-5-3-2-4-6-12/h2-9,11H,10H2,1H3,(H,19,20,21)/t11-/m0/s1. The Morgan fingerprint density at radius 2 is 2.09 bits per heavy atom. The van der Waals surface area contributed by atoms with Gasteiger partial charge in [0.1, 0.15) is 17.7 Å². The summed E-state index contributed by atoms with van der Waals surface area (Å²) < 4.78 is 6.75. The Bertz CT molecular complexity index is 818. The van der Waals surface area contributed by atoms with Gasteiger partial charge in [0.25, 0.3) is 0 Å². The molecule has 0 radical (unpaired) electrons. The minimum Gasteiger partial charge on any atom is -0.489 e. The van der Waals surface area contributed by atoms with Gasteiger partial charge in [0.05, 0.1) is 10.2 Å². The van der Waals surface area contributed by atoms with Crippen molar-refractivity contribution in [2.75, 3.05) is 5.32 Å². The SMILES string of the molecule is C[C@H](Cl)C(=O)Nc1nc2ccc(OCc3ccccc3)cc2s1. The smallest absolute Gasteiger partial charge is 0.243 e. The summed E-state index contributed by atoms with van der Waals surface area (Å²) in [5.41, 5.74) is 1.93. The number of carbonyl (C=O) groups is 1. The van der Waals surface area contributed by atoms with E-state index in [0.29, 0.717) is 11.7 Å². The summed E-state index contributed by atoms with van der Waals surface area (Å²) in [6, 6.07) is 15.7. The third-order valence-electron chi connectivity index (χ3n) is 3.20. The van der Waals surface area contributed by atoms with E-state index < -0.39 is 5.38 Å². The first-order valence-electron chi connectivity index (χ1n) is 7.14. The average molecular weight is 347 g/mol. The second-order valence-electron chi connectivity index (χ2n) is 5.03. The quantitative estimate of drug-likeness (QED) is 0.695. The van der Waals surface area contributed by atoms with Crippen LogP contribution in [0.3, 0.4) is 0 Å². The lowest BCUT2D eigenvalue weighted by Gasteiger charge is -2.05. The molecule has 1 N–H and O–H groups in total. The number of nitrogens with zero attached hydrogens (tertiary/aromatic N) is 1. The number of fused-ring (bicyclic) bond motifs is 1. The number of alkyl halides is 1. The van der Waals surface area contributed by atoms with Crippen molar-refractivity contribution in [2.45, 2.75) is 18.9 Å². The number of benzene rings is 2. The fourth-order valence-electron chi connectivity index (χ4n) is 1.99. The summed E-state index contributed by atoms with van der Waals surface area (Å²) in [5, 5.41) is 2.65. The molecule has 1 heterocycles. The van der Waals surface area contributed by atoms with E-state index in [1.807, 2.05) is 48.5 Å². The number of aromatic nitrogens is 1. The Morgan fingerprint density at radius 1 is 1.30 bits per heavy atom. The highest BCUT2D eigenvalue weighted by molar-refractivity contribution is 7.22. The molecule has 118 valence electrons. The van der Waals surface area contributed by atoms with Gasteiger partial charge in [-0.25, -0.2) is 4.98 Å². The number of halogens is 1. The lowest BCUT2D eigenvalue weighted by atomic mass is 10.2. The minimum atomic E-state index is -0.591. The number of amides is 1. The van der Waals surface area contributed by atoms with Crippen molar-refractivity contribution in [1.82, 2.24) is 4.98 Å². The lowest BCUT2D eigenvalue weighted by Crippen LogP contribution is -2.19. The van der Waals surface area contributed by atoms with E-state index in [1.54, 1.807) is 6.92 Å². The van der Waals surface area contributed by atoms with Gasteiger partial charge in [-0.3, -0.25) is 4.79 Å². The van der Waals surface area contributed by atoms with Gasteiger partial charge < -0.3 is 10.1 Å².